The van der Waals surface area contributed by atoms with E-state index in [1.54, 1.807) is 11.3 Å². The molecule has 0 saturated heterocycles. The van der Waals surface area contributed by atoms with E-state index in [0.717, 1.165) is 12.5 Å². The van der Waals surface area contributed by atoms with Crippen LogP contribution in [0.2, 0.25) is 0 Å². The Morgan fingerprint density at radius 3 is 2.79 bits per heavy atom. The van der Waals surface area contributed by atoms with Crippen molar-refractivity contribution in [3.05, 3.63) is 11.1 Å². The van der Waals surface area contributed by atoms with Crippen molar-refractivity contribution in [2.75, 3.05) is 18.5 Å². The molecule has 2 rings (SSSR count). The summed E-state index contributed by atoms with van der Waals surface area (Å²) in [6.07, 6.45) is 7.07. The van der Waals surface area contributed by atoms with Crippen LogP contribution in [0.15, 0.2) is 5.38 Å². The lowest BCUT2D eigenvalue weighted by molar-refractivity contribution is 0.362. The molecule has 1 heterocycles. The Labute approximate surface area is 121 Å². The molecule has 0 atom stereocenters. The van der Waals surface area contributed by atoms with Gasteiger partial charge >= 0.3 is 0 Å². The van der Waals surface area contributed by atoms with E-state index >= 15 is 0 Å². The van der Waals surface area contributed by atoms with Gasteiger partial charge in [-0.3, -0.25) is 0 Å². The van der Waals surface area contributed by atoms with E-state index in [2.05, 4.69) is 36.5 Å². The average Bonchev–Trinajstić information content (AvgIpc) is 2.86. The second-order valence-corrected chi connectivity index (χ2v) is 6.88. The minimum Gasteiger partial charge on any atom is -0.351 e. The largest absolute Gasteiger partial charge is 0.351 e. The predicted octanol–water partition coefficient (Wildman–Crippen LogP) is 3.66. The third-order valence-corrected chi connectivity index (χ3v) is 4.82. The Bertz CT molecular complexity index is 369. The highest BCUT2D eigenvalue weighted by Crippen LogP contribution is 2.27. The molecule has 108 valence electrons. The minimum atomic E-state index is 0.519. The summed E-state index contributed by atoms with van der Waals surface area (Å²) in [5.41, 5.74) is 1.17. The number of thiazole rings is 1. The molecule has 0 unspecified atom stereocenters. The number of anilines is 1. The van der Waals surface area contributed by atoms with Crippen molar-refractivity contribution in [2.45, 2.75) is 58.5 Å². The van der Waals surface area contributed by atoms with Crippen LogP contribution in [0.1, 0.15) is 51.6 Å². The van der Waals surface area contributed by atoms with E-state index in [4.69, 9.17) is 4.98 Å². The summed E-state index contributed by atoms with van der Waals surface area (Å²) < 4.78 is 0. The van der Waals surface area contributed by atoms with Crippen LogP contribution in [0.5, 0.6) is 0 Å². The monoisotopic (exact) mass is 281 g/mol. The number of nitrogens with one attached hydrogen (secondary N) is 1. The first-order valence-electron chi connectivity index (χ1n) is 7.54. The molecule has 1 N–H and O–H groups in total. The van der Waals surface area contributed by atoms with Crippen molar-refractivity contribution in [1.82, 2.24) is 10.3 Å². The lowest BCUT2D eigenvalue weighted by Crippen LogP contribution is -2.27. The Hall–Kier alpha value is -0.610. The SMILES string of the molecule is CC(C)NCc1csc(N(C)CC2CCCCC2)n1. The van der Waals surface area contributed by atoms with Gasteiger partial charge in [-0.2, -0.15) is 0 Å². The zero-order valence-electron chi connectivity index (χ0n) is 12.5. The van der Waals surface area contributed by atoms with Crippen LogP contribution >= 0.6 is 11.3 Å². The fourth-order valence-corrected chi connectivity index (χ4v) is 3.50. The first-order chi connectivity index (χ1) is 9.15. The Balaban J connectivity index is 1.82. The van der Waals surface area contributed by atoms with Gasteiger partial charge in [-0.15, -0.1) is 11.3 Å². The Kier molecular flexibility index (Phi) is 5.64. The number of aromatic nitrogens is 1. The van der Waals surface area contributed by atoms with Crippen LogP contribution in [0.3, 0.4) is 0 Å². The maximum Gasteiger partial charge on any atom is 0.185 e. The van der Waals surface area contributed by atoms with Crippen molar-refractivity contribution in [2.24, 2.45) is 5.92 Å². The summed E-state index contributed by atoms with van der Waals surface area (Å²) in [7, 11) is 2.19. The second kappa shape index (κ2) is 7.25. The highest BCUT2D eigenvalue weighted by molar-refractivity contribution is 7.13. The van der Waals surface area contributed by atoms with Crippen molar-refractivity contribution in [1.29, 1.82) is 0 Å². The van der Waals surface area contributed by atoms with Gasteiger partial charge in [-0.25, -0.2) is 4.98 Å². The van der Waals surface area contributed by atoms with E-state index in [0.29, 0.717) is 6.04 Å². The fourth-order valence-electron chi connectivity index (χ4n) is 2.70. The van der Waals surface area contributed by atoms with Crippen molar-refractivity contribution < 1.29 is 0 Å². The third kappa shape index (κ3) is 4.77. The number of nitrogens with zero attached hydrogens (tertiary/aromatic N) is 2. The van der Waals surface area contributed by atoms with Gasteiger partial charge in [0.15, 0.2) is 5.13 Å². The predicted molar refractivity (Wildman–Crippen MR) is 83.9 cm³/mol. The average molecular weight is 281 g/mol. The van der Waals surface area contributed by atoms with Gasteiger partial charge in [0.25, 0.3) is 0 Å². The van der Waals surface area contributed by atoms with E-state index < -0.39 is 0 Å². The van der Waals surface area contributed by atoms with Crippen molar-refractivity contribution in [3.63, 3.8) is 0 Å². The second-order valence-electron chi connectivity index (χ2n) is 6.04. The summed E-state index contributed by atoms with van der Waals surface area (Å²) in [6.45, 7) is 6.39. The van der Waals surface area contributed by atoms with Crippen LogP contribution in [-0.2, 0) is 6.54 Å². The van der Waals surface area contributed by atoms with E-state index in [-0.39, 0.29) is 0 Å². The fraction of sp³-hybridized carbons (Fsp3) is 0.800. The van der Waals surface area contributed by atoms with E-state index in [9.17, 15) is 0 Å². The third-order valence-electron chi connectivity index (χ3n) is 3.81. The molecule has 1 aliphatic carbocycles. The van der Waals surface area contributed by atoms with Crippen LogP contribution in [0.4, 0.5) is 5.13 Å². The summed E-state index contributed by atoms with van der Waals surface area (Å²) in [5, 5.41) is 6.78. The summed E-state index contributed by atoms with van der Waals surface area (Å²) in [4.78, 5) is 7.08. The molecule has 0 amide bonds. The quantitative estimate of drug-likeness (QED) is 0.862. The van der Waals surface area contributed by atoms with Crippen molar-refractivity contribution >= 4 is 16.5 Å². The lowest BCUT2D eigenvalue weighted by atomic mass is 9.89. The first kappa shape index (κ1) is 14.8. The zero-order valence-corrected chi connectivity index (χ0v) is 13.3. The van der Waals surface area contributed by atoms with Crippen LogP contribution in [0, 0.1) is 5.92 Å². The number of hydrogen-bond donors (Lipinski definition) is 1. The lowest BCUT2D eigenvalue weighted by Gasteiger charge is -2.26. The van der Waals surface area contributed by atoms with Gasteiger partial charge in [-0.1, -0.05) is 33.1 Å². The molecular weight excluding hydrogens is 254 g/mol. The molecule has 4 heteroatoms. The molecule has 0 bridgehead atoms. The molecule has 0 aliphatic heterocycles. The van der Waals surface area contributed by atoms with Crippen LogP contribution < -0.4 is 10.2 Å². The molecule has 1 aromatic heterocycles. The molecular formula is C15H27N3S. The standard InChI is InChI=1S/C15H27N3S/c1-12(2)16-9-14-11-19-15(17-14)18(3)10-13-7-5-4-6-8-13/h11-13,16H,4-10H2,1-3H3. The molecule has 1 fully saturated rings. The Morgan fingerprint density at radius 1 is 1.37 bits per heavy atom. The van der Waals surface area contributed by atoms with Crippen LogP contribution in [0.25, 0.3) is 0 Å². The first-order valence-corrected chi connectivity index (χ1v) is 8.42. The highest BCUT2D eigenvalue weighted by atomic mass is 32.1. The normalized spacial score (nSPS) is 17.1. The van der Waals surface area contributed by atoms with Gasteiger partial charge in [0, 0.05) is 31.6 Å². The summed E-state index contributed by atoms with van der Waals surface area (Å²) in [5.74, 6) is 0.875. The minimum absolute atomic E-state index is 0.519. The van der Waals surface area contributed by atoms with Gasteiger partial charge < -0.3 is 10.2 Å². The zero-order chi connectivity index (χ0) is 13.7. The molecule has 1 saturated carbocycles. The van der Waals surface area contributed by atoms with Gasteiger partial charge in [-0.05, 0) is 18.8 Å². The van der Waals surface area contributed by atoms with Crippen LogP contribution in [-0.4, -0.2) is 24.6 Å². The van der Waals surface area contributed by atoms with E-state index in [1.807, 2.05) is 0 Å². The maximum atomic E-state index is 4.73. The van der Waals surface area contributed by atoms with Gasteiger partial charge in [0.05, 0.1) is 5.69 Å². The molecule has 1 aliphatic rings. The molecule has 3 nitrogen and oxygen atoms in total. The van der Waals surface area contributed by atoms with Gasteiger partial charge in [0.1, 0.15) is 0 Å². The van der Waals surface area contributed by atoms with Gasteiger partial charge in [0.2, 0.25) is 0 Å². The highest BCUT2D eigenvalue weighted by Gasteiger charge is 2.17. The summed E-state index contributed by atoms with van der Waals surface area (Å²) >= 11 is 1.77. The molecule has 19 heavy (non-hydrogen) atoms. The Morgan fingerprint density at radius 2 is 2.11 bits per heavy atom. The smallest absolute Gasteiger partial charge is 0.185 e. The maximum absolute atomic E-state index is 4.73. The molecule has 0 radical (unpaired) electrons. The molecule has 0 spiro atoms. The van der Waals surface area contributed by atoms with E-state index in [1.165, 1.54) is 49.5 Å². The van der Waals surface area contributed by atoms with Crippen molar-refractivity contribution in [3.8, 4) is 0 Å². The summed E-state index contributed by atoms with van der Waals surface area (Å²) in [6, 6.07) is 0.519. The number of rotatable bonds is 6. The number of hydrogen-bond acceptors (Lipinski definition) is 4. The topological polar surface area (TPSA) is 28.2 Å². The molecule has 0 aromatic carbocycles. The molecule has 1 aromatic rings.